The molecule has 30 heavy (non-hydrogen) atoms. The molecule has 0 amide bonds. The van der Waals surface area contributed by atoms with E-state index in [-0.39, 0.29) is 0 Å². The summed E-state index contributed by atoms with van der Waals surface area (Å²) in [6.45, 7) is 7.44. The number of nitrogens with one attached hydrogen (secondary N) is 2. The summed E-state index contributed by atoms with van der Waals surface area (Å²) in [5.74, 6) is 0.694. The Hall–Kier alpha value is -2.28. The Bertz CT molecular complexity index is 905. The van der Waals surface area contributed by atoms with E-state index >= 15 is 0 Å². The highest BCUT2D eigenvalue weighted by Gasteiger charge is 2.19. The minimum Gasteiger partial charge on any atom is -0.354 e. The topological polar surface area (TPSA) is 53.1 Å². The zero-order chi connectivity index (χ0) is 20.6. The lowest BCUT2D eigenvalue weighted by atomic mass is 10.0. The van der Waals surface area contributed by atoms with Crippen LogP contribution in [-0.2, 0) is 13.0 Å². The van der Waals surface area contributed by atoms with Crippen LogP contribution in [0.5, 0.6) is 0 Å². The van der Waals surface area contributed by atoms with Gasteiger partial charge in [0, 0.05) is 35.8 Å². The normalized spacial score (nSPS) is 14.9. The summed E-state index contributed by atoms with van der Waals surface area (Å²) in [4.78, 5) is 13.1. The zero-order valence-electron chi connectivity index (χ0n) is 17.7. The van der Waals surface area contributed by atoms with Gasteiger partial charge < -0.3 is 10.6 Å². The summed E-state index contributed by atoms with van der Waals surface area (Å²) < 4.78 is 0. The molecule has 0 spiro atoms. The van der Waals surface area contributed by atoms with E-state index in [1.165, 1.54) is 23.3 Å². The molecule has 0 bridgehead atoms. The molecule has 1 aliphatic rings. The Morgan fingerprint density at radius 3 is 2.87 bits per heavy atom. The van der Waals surface area contributed by atoms with Crippen molar-refractivity contribution in [2.75, 3.05) is 31.5 Å². The number of thiophene rings is 1. The molecule has 4 rings (SSSR count). The van der Waals surface area contributed by atoms with E-state index in [4.69, 9.17) is 4.98 Å². The van der Waals surface area contributed by atoms with Gasteiger partial charge in [-0.3, -0.25) is 4.90 Å². The molecule has 0 aliphatic carbocycles. The molecule has 2 aromatic heterocycles. The third-order valence-electron chi connectivity index (χ3n) is 5.73. The molecule has 2 N–H and O–H groups in total. The first kappa shape index (κ1) is 21.0. The first-order chi connectivity index (χ1) is 14.8. The third kappa shape index (κ3) is 5.65. The maximum absolute atomic E-state index is 4.75. The largest absolute Gasteiger partial charge is 0.354 e. The van der Waals surface area contributed by atoms with Crippen molar-refractivity contribution in [1.29, 1.82) is 0 Å². The molecular weight excluding hydrogens is 390 g/mol. The van der Waals surface area contributed by atoms with Crippen molar-refractivity contribution in [2.24, 2.45) is 0 Å². The molecule has 0 saturated carbocycles. The van der Waals surface area contributed by atoms with Crippen molar-refractivity contribution in [1.82, 2.24) is 20.2 Å². The summed E-state index contributed by atoms with van der Waals surface area (Å²) >= 11 is 1.79. The number of nitrogens with zero attached hydrogens (tertiary/aromatic N) is 3. The molecule has 1 fully saturated rings. The third-order valence-corrected chi connectivity index (χ3v) is 6.67. The molecule has 0 atom stereocenters. The number of benzene rings is 1. The minimum atomic E-state index is 0.679. The van der Waals surface area contributed by atoms with Gasteiger partial charge in [0.25, 0.3) is 0 Å². The van der Waals surface area contributed by atoms with Crippen LogP contribution in [0.15, 0.2) is 54.0 Å². The fourth-order valence-corrected chi connectivity index (χ4v) is 4.80. The van der Waals surface area contributed by atoms with E-state index in [0.29, 0.717) is 12.0 Å². The average Bonchev–Trinajstić information content (AvgIpc) is 3.32. The number of hydrogen-bond donors (Lipinski definition) is 2. The minimum absolute atomic E-state index is 0.679. The molecule has 3 aromatic rings. The van der Waals surface area contributed by atoms with Crippen molar-refractivity contribution < 1.29 is 0 Å². The summed E-state index contributed by atoms with van der Waals surface area (Å²) in [7, 11) is 0. The molecule has 1 aromatic carbocycles. The maximum Gasteiger partial charge on any atom is 0.223 e. The first-order valence-corrected chi connectivity index (χ1v) is 11.8. The van der Waals surface area contributed by atoms with Gasteiger partial charge in [-0.25, -0.2) is 9.97 Å². The van der Waals surface area contributed by atoms with Gasteiger partial charge in [-0.05, 0) is 68.0 Å². The summed E-state index contributed by atoms with van der Waals surface area (Å²) in [6.07, 6.45) is 5.31. The van der Waals surface area contributed by atoms with Crippen molar-refractivity contribution >= 4 is 17.3 Å². The van der Waals surface area contributed by atoms with Crippen molar-refractivity contribution in [3.63, 3.8) is 0 Å². The molecule has 1 saturated heterocycles. The highest BCUT2D eigenvalue weighted by molar-refractivity contribution is 7.09. The van der Waals surface area contributed by atoms with Crippen LogP contribution in [0.4, 0.5) is 5.95 Å². The highest BCUT2D eigenvalue weighted by atomic mass is 32.1. The number of piperidine rings is 1. The lowest BCUT2D eigenvalue weighted by Crippen LogP contribution is -2.42. The van der Waals surface area contributed by atoms with E-state index in [1.54, 1.807) is 11.3 Å². The number of aromatic nitrogens is 2. The Morgan fingerprint density at radius 1 is 1.17 bits per heavy atom. The summed E-state index contributed by atoms with van der Waals surface area (Å²) in [5, 5.41) is 8.95. The number of anilines is 1. The van der Waals surface area contributed by atoms with Gasteiger partial charge in [0.05, 0.1) is 5.69 Å². The van der Waals surface area contributed by atoms with Gasteiger partial charge in [0.2, 0.25) is 5.95 Å². The quantitative estimate of drug-likeness (QED) is 0.535. The average molecular weight is 422 g/mol. The molecule has 0 radical (unpaired) electrons. The van der Waals surface area contributed by atoms with Crippen LogP contribution in [0.3, 0.4) is 0 Å². The second kappa shape index (κ2) is 10.7. The SMILES string of the molecule is CCN(Cc1cccc(-c2ccnc(NCCc3cccs3)n2)c1)C1CCNCC1. The second-order valence-corrected chi connectivity index (χ2v) is 8.80. The predicted molar refractivity (Wildman–Crippen MR) is 126 cm³/mol. The van der Waals surface area contributed by atoms with E-state index < -0.39 is 0 Å². The van der Waals surface area contributed by atoms with E-state index in [1.807, 2.05) is 12.3 Å². The maximum atomic E-state index is 4.75. The van der Waals surface area contributed by atoms with Gasteiger partial charge in [-0.15, -0.1) is 11.3 Å². The van der Waals surface area contributed by atoms with Gasteiger partial charge in [-0.1, -0.05) is 31.2 Å². The van der Waals surface area contributed by atoms with Crippen LogP contribution >= 0.6 is 11.3 Å². The van der Waals surface area contributed by atoms with E-state index in [2.05, 4.69) is 69.2 Å². The van der Waals surface area contributed by atoms with Crippen LogP contribution in [0.2, 0.25) is 0 Å². The fourth-order valence-electron chi connectivity index (χ4n) is 4.09. The lowest BCUT2D eigenvalue weighted by Gasteiger charge is -2.34. The number of rotatable bonds is 9. The fraction of sp³-hybridized carbons (Fsp3) is 0.417. The Labute approximate surface area is 183 Å². The van der Waals surface area contributed by atoms with Crippen LogP contribution in [-0.4, -0.2) is 47.1 Å². The first-order valence-electron chi connectivity index (χ1n) is 10.9. The van der Waals surface area contributed by atoms with Crippen molar-refractivity contribution in [3.05, 3.63) is 64.5 Å². The molecular formula is C24H31N5S. The lowest BCUT2D eigenvalue weighted by molar-refractivity contribution is 0.162. The standard InChI is InChI=1S/C24H31N5S/c1-2-29(21-8-12-25-13-9-21)18-19-5-3-6-20(17-19)23-11-15-27-24(28-23)26-14-10-22-7-4-16-30-22/h3-7,11,15-17,21,25H,2,8-10,12-14,18H2,1H3,(H,26,27,28). The van der Waals surface area contributed by atoms with E-state index in [9.17, 15) is 0 Å². The monoisotopic (exact) mass is 421 g/mol. The van der Waals surface area contributed by atoms with Crippen LogP contribution in [0.1, 0.15) is 30.2 Å². The van der Waals surface area contributed by atoms with Crippen LogP contribution in [0, 0.1) is 0 Å². The predicted octanol–water partition coefficient (Wildman–Crippen LogP) is 4.43. The molecule has 3 heterocycles. The molecule has 0 unspecified atom stereocenters. The Kier molecular flexibility index (Phi) is 7.45. The van der Waals surface area contributed by atoms with Gasteiger partial charge in [0.1, 0.15) is 0 Å². The molecule has 1 aliphatic heterocycles. The zero-order valence-corrected chi connectivity index (χ0v) is 18.5. The highest BCUT2D eigenvalue weighted by Crippen LogP contribution is 2.22. The Morgan fingerprint density at radius 2 is 2.07 bits per heavy atom. The Balaban J connectivity index is 1.41. The molecule has 158 valence electrons. The van der Waals surface area contributed by atoms with Crippen LogP contribution < -0.4 is 10.6 Å². The van der Waals surface area contributed by atoms with E-state index in [0.717, 1.165) is 50.4 Å². The molecule has 6 heteroatoms. The summed E-state index contributed by atoms with van der Waals surface area (Å²) in [6, 6.07) is 15.7. The van der Waals surface area contributed by atoms with Gasteiger partial charge in [-0.2, -0.15) is 0 Å². The summed E-state index contributed by atoms with van der Waals surface area (Å²) in [5.41, 5.74) is 3.46. The van der Waals surface area contributed by atoms with Crippen LogP contribution in [0.25, 0.3) is 11.3 Å². The smallest absolute Gasteiger partial charge is 0.223 e. The van der Waals surface area contributed by atoms with Crippen molar-refractivity contribution in [2.45, 2.75) is 38.8 Å². The second-order valence-electron chi connectivity index (χ2n) is 7.77. The molecule has 5 nitrogen and oxygen atoms in total. The van der Waals surface area contributed by atoms with Gasteiger partial charge >= 0.3 is 0 Å². The van der Waals surface area contributed by atoms with Crippen molar-refractivity contribution in [3.8, 4) is 11.3 Å². The van der Waals surface area contributed by atoms with Gasteiger partial charge in [0.15, 0.2) is 0 Å². The number of hydrogen-bond acceptors (Lipinski definition) is 6.